The van der Waals surface area contributed by atoms with Crippen LogP contribution in [0, 0.1) is 0 Å². The summed E-state index contributed by atoms with van der Waals surface area (Å²) >= 11 is 0. The summed E-state index contributed by atoms with van der Waals surface area (Å²) in [6.45, 7) is 5.56. The first-order valence-corrected chi connectivity index (χ1v) is 7.31. The summed E-state index contributed by atoms with van der Waals surface area (Å²) in [6.07, 6.45) is 6.36. The van der Waals surface area contributed by atoms with Crippen LogP contribution in [0.3, 0.4) is 0 Å². The van der Waals surface area contributed by atoms with Crippen molar-refractivity contribution in [2.24, 2.45) is 0 Å². The molecule has 0 bridgehead atoms. The average Bonchev–Trinajstić information content (AvgIpc) is 2.45. The summed E-state index contributed by atoms with van der Waals surface area (Å²) in [7, 11) is 0. The highest BCUT2D eigenvalue weighted by Gasteiger charge is 2.18. The van der Waals surface area contributed by atoms with Crippen LogP contribution in [0.2, 0.25) is 0 Å². The Labute approximate surface area is 133 Å². The van der Waals surface area contributed by atoms with E-state index in [1.54, 1.807) is 11.1 Å². The molecule has 2 aromatic rings. The summed E-state index contributed by atoms with van der Waals surface area (Å²) in [5.41, 5.74) is 6.07. The minimum absolute atomic E-state index is 0. The summed E-state index contributed by atoms with van der Waals surface area (Å²) < 4.78 is 2.48. The first-order chi connectivity index (χ1) is 8.85. The van der Waals surface area contributed by atoms with E-state index in [1.807, 2.05) is 0 Å². The Bertz CT molecular complexity index is 554. The van der Waals surface area contributed by atoms with Crippen molar-refractivity contribution in [3.63, 3.8) is 0 Å². The Kier molecular flexibility index (Phi) is 4.82. The molecule has 0 fully saturated rings. The number of fused-ring (bicyclic) bond motifs is 3. The quantitative estimate of drug-likeness (QED) is 0.541. The van der Waals surface area contributed by atoms with Gasteiger partial charge in [0.1, 0.15) is 6.54 Å². The van der Waals surface area contributed by atoms with E-state index in [0.29, 0.717) is 0 Å². The van der Waals surface area contributed by atoms with Gasteiger partial charge >= 0.3 is 0 Å². The van der Waals surface area contributed by atoms with E-state index < -0.39 is 0 Å². The van der Waals surface area contributed by atoms with Crippen LogP contribution >= 0.6 is 0 Å². The number of hydrogen-bond acceptors (Lipinski definition) is 0. The SMILES string of the molecule is CCc1ccc2c3c(ccc2[n+]1CC)CCCC3.[I-]. The Balaban J connectivity index is 0.00000133. The third kappa shape index (κ3) is 2.51. The highest BCUT2D eigenvalue weighted by Crippen LogP contribution is 2.27. The van der Waals surface area contributed by atoms with Crippen molar-refractivity contribution in [3.8, 4) is 0 Å². The molecule has 3 rings (SSSR count). The lowest BCUT2D eigenvalue weighted by molar-refractivity contribution is -0.675. The molecule has 0 amide bonds. The summed E-state index contributed by atoms with van der Waals surface area (Å²) in [5.74, 6) is 0. The zero-order valence-corrected chi connectivity index (χ0v) is 14.0. The number of halogens is 1. The molecular formula is C17H22IN. The van der Waals surface area contributed by atoms with E-state index in [4.69, 9.17) is 0 Å². The summed E-state index contributed by atoms with van der Waals surface area (Å²) in [6, 6.07) is 9.37. The first-order valence-electron chi connectivity index (χ1n) is 7.31. The van der Waals surface area contributed by atoms with Gasteiger partial charge in [-0.3, -0.25) is 0 Å². The van der Waals surface area contributed by atoms with Gasteiger partial charge in [0.25, 0.3) is 0 Å². The van der Waals surface area contributed by atoms with Gasteiger partial charge in [0.05, 0.1) is 0 Å². The lowest BCUT2D eigenvalue weighted by Gasteiger charge is -2.17. The van der Waals surface area contributed by atoms with Gasteiger partial charge in [0.2, 0.25) is 5.52 Å². The van der Waals surface area contributed by atoms with Crippen LogP contribution in [0.1, 0.15) is 43.5 Å². The Morgan fingerprint density at radius 1 is 1.00 bits per heavy atom. The number of aromatic nitrogens is 1. The molecule has 1 aliphatic carbocycles. The summed E-state index contributed by atoms with van der Waals surface area (Å²) in [4.78, 5) is 0. The van der Waals surface area contributed by atoms with Crippen LogP contribution in [0.5, 0.6) is 0 Å². The number of aryl methyl sites for hydroxylation is 4. The molecule has 19 heavy (non-hydrogen) atoms. The van der Waals surface area contributed by atoms with Crippen LogP contribution in [0.4, 0.5) is 0 Å². The van der Waals surface area contributed by atoms with Gasteiger partial charge in [-0.1, -0.05) is 13.0 Å². The zero-order chi connectivity index (χ0) is 12.5. The molecule has 0 saturated heterocycles. The molecule has 0 N–H and O–H groups in total. The second kappa shape index (κ2) is 6.21. The predicted octanol–water partition coefficient (Wildman–Crippen LogP) is 0.592. The van der Waals surface area contributed by atoms with E-state index in [9.17, 15) is 0 Å². The van der Waals surface area contributed by atoms with E-state index in [0.717, 1.165) is 13.0 Å². The third-order valence-electron chi connectivity index (χ3n) is 4.31. The van der Waals surface area contributed by atoms with Crippen molar-refractivity contribution in [2.75, 3.05) is 0 Å². The monoisotopic (exact) mass is 367 g/mol. The van der Waals surface area contributed by atoms with Gasteiger partial charge < -0.3 is 24.0 Å². The van der Waals surface area contributed by atoms with Crippen LogP contribution in [-0.2, 0) is 25.8 Å². The maximum Gasteiger partial charge on any atom is 0.212 e. The molecule has 1 aliphatic rings. The van der Waals surface area contributed by atoms with Crippen LogP contribution < -0.4 is 28.5 Å². The van der Waals surface area contributed by atoms with E-state index in [2.05, 4.69) is 42.7 Å². The molecule has 1 aromatic heterocycles. The van der Waals surface area contributed by atoms with Gasteiger partial charge in [-0.25, -0.2) is 0 Å². The molecule has 0 saturated carbocycles. The van der Waals surface area contributed by atoms with E-state index in [1.165, 1.54) is 42.3 Å². The first kappa shape index (κ1) is 14.8. The van der Waals surface area contributed by atoms with Crippen molar-refractivity contribution >= 4 is 10.9 Å². The Morgan fingerprint density at radius 2 is 1.79 bits per heavy atom. The van der Waals surface area contributed by atoms with Crippen molar-refractivity contribution in [1.82, 2.24) is 0 Å². The van der Waals surface area contributed by atoms with Crippen molar-refractivity contribution < 1.29 is 28.5 Å². The van der Waals surface area contributed by atoms with Gasteiger partial charge in [0, 0.05) is 23.9 Å². The molecule has 2 heteroatoms. The number of rotatable bonds is 2. The number of benzene rings is 1. The Hall–Kier alpha value is -0.640. The molecule has 0 atom stereocenters. The fourth-order valence-electron chi connectivity index (χ4n) is 3.37. The molecule has 0 radical (unpaired) electrons. The molecular weight excluding hydrogens is 345 g/mol. The number of hydrogen-bond donors (Lipinski definition) is 0. The van der Waals surface area contributed by atoms with Crippen molar-refractivity contribution in [1.29, 1.82) is 0 Å². The topological polar surface area (TPSA) is 3.88 Å². The van der Waals surface area contributed by atoms with Crippen LogP contribution in [0.25, 0.3) is 10.9 Å². The molecule has 1 nitrogen and oxygen atoms in total. The van der Waals surface area contributed by atoms with Crippen molar-refractivity contribution in [3.05, 3.63) is 41.1 Å². The standard InChI is InChI=1S/C17H22N.HI/c1-3-14-10-11-16-15-8-6-5-7-13(15)9-12-17(16)18(14)4-2;/h9-12H,3-8H2,1-2H3;1H/q+1;/p-1. The molecule has 1 heterocycles. The van der Waals surface area contributed by atoms with Crippen LogP contribution in [-0.4, -0.2) is 0 Å². The number of nitrogens with zero attached hydrogens (tertiary/aromatic N) is 1. The third-order valence-corrected chi connectivity index (χ3v) is 4.31. The maximum atomic E-state index is 2.48. The fourth-order valence-corrected chi connectivity index (χ4v) is 3.37. The summed E-state index contributed by atoms with van der Waals surface area (Å²) in [5, 5.41) is 1.49. The van der Waals surface area contributed by atoms with E-state index >= 15 is 0 Å². The largest absolute Gasteiger partial charge is 1.00 e. The second-order valence-electron chi connectivity index (χ2n) is 5.27. The van der Waals surface area contributed by atoms with Crippen LogP contribution in [0.15, 0.2) is 24.3 Å². The van der Waals surface area contributed by atoms with Gasteiger partial charge in [0.15, 0.2) is 5.69 Å². The molecule has 1 aromatic carbocycles. The van der Waals surface area contributed by atoms with E-state index in [-0.39, 0.29) is 24.0 Å². The predicted molar refractivity (Wildman–Crippen MR) is 75.8 cm³/mol. The van der Waals surface area contributed by atoms with Gasteiger partial charge in [-0.15, -0.1) is 0 Å². The molecule has 0 unspecified atom stereocenters. The molecule has 102 valence electrons. The fraction of sp³-hybridized carbons (Fsp3) is 0.471. The van der Waals surface area contributed by atoms with Gasteiger partial charge in [-0.05, 0) is 49.8 Å². The minimum atomic E-state index is 0. The molecule has 0 aliphatic heterocycles. The number of pyridine rings is 1. The van der Waals surface area contributed by atoms with Crippen molar-refractivity contribution in [2.45, 2.75) is 52.5 Å². The zero-order valence-electron chi connectivity index (χ0n) is 11.9. The highest BCUT2D eigenvalue weighted by molar-refractivity contribution is 5.81. The normalized spacial score (nSPS) is 14.0. The van der Waals surface area contributed by atoms with Gasteiger partial charge in [-0.2, -0.15) is 4.57 Å². The average molecular weight is 367 g/mol. The molecule has 0 spiro atoms. The lowest BCUT2D eigenvalue weighted by atomic mass is 9.88. The highest BCUT2D eigenvalue weighted by atomic mass is 127. The minimum Gasteiger partial charge on any atom is -1.00 e. The lowest BCUT2D eigenvalue weighted by Crippen LogP contribution is -3.00. The second-order valence-corrected chi connectivity index (χ2v) is 5.27. The maximum absolute atomic E-state index is 2.48. The smallest absolute Gasteiger partial charge is 0.212 e. The Morgan fingerprint density at radius 3 is 2.53 bits per heavy atom.